The molecule has 1 heterocycles. The highest BCUT2D eigenvalue weighted by Gasteiger charge is 2.30. The van der Waals surface area contributed by atoms with Crippen LogP contribution in [0.25, 0.3) is 0 Å². The van der Waals surface area contributed by atoms with E-state index in [4.69, 9.17) is 14.2 Å². The van der Waals surface area contributed by atoms with Gasteiger partial charge in [-0.2, -0.15) is 4.31 Å². The Balaban J connectivity index is 1.70. The molecule has 10 heteroatoms. The fourth-order valence-corrected chi connectivity index (χ4v) is 4.80. The molecule has 0 aromatic heterocycles. The smallest absolute Gasteiger partial charge is 0.338 e. The van der Waals surface area contributed by atoms with Gasteiger partial charge in [-0.25, -0.2) is 13.2 Å². The molecule has 1 saturated heterocycles. The van der Waals surface area contributed by atoms with Crippen LogP contribution in [-0.4, -0.2) is 64.6 Å². The van der Waals surface area contributed by atoms with E-state index >= 15 is 0 Å². The Kier molecular flexibility index (Phi) is 7.84. The van der Waals surface area contributed by atoms with Crippen molar-refractivity contribution in [3.05, 3.63) is 53.6 Å². The van der Waals surface area contributed by atoms with Crippen LogP contribution in [0.2, 0.25) is 0 Å². The standard InChI is InChI=1S/C22H26N2O7S/c1-3-16-5-4-6-18(13-16)23-21(25)15-31-22(26)17-7-8-19(29-2)20(14-17)32(27,28)24-9-11-30-12-10-24/h4-8,13-14H,3,9-12,15H2,1-2H3,(H,23,25). The van der Waals surface area contributed by atoms with Crippen LogP contribution in [0, 0.1) is 0 Å². The highest BCUT2D eigenvalue weighted by Crippen LogP contribution is 2.28. The molecule has 1 amide bonds. The van der Waals surface area contributed by atoms with Crippen LogP contribution in [-0.2, 0) is 30.7 Å². The highest BCUT2D eigenvalue weighted by atomic mass is 32.2. The van der Waals surface area contributed by atoms with Gasteiger partial charge in [0.2, 0.25) is 10.0 Å². The number of anilines is 1. The van der Waals surface area contributed by atoms with Crippen molar-refractivity contribution in [2.75, 3.05) is 45.3 Å². The van der Waals surface area contributed by atoms with Gasteiger partial charge in [0.15, 0.2) is 6.61 Å². The van der Waals surface area contributed by atoms with Crippen LogP contribution in [0.3, 0.4) is 0 Å². The second-order valence-corrected chi connectivity index (χ2v) is 8.97. The lowest BCUT2D eigenvalue weighted by molar-refractivity contribution is -0.119. The van der Waals surface area contributed by atoms with Crippen LogP contribution in [0.15, 0.2) is 47.4 Å². The number of carbonyl (C=O) groups excluding carboxylic acids is 2. The molecule has 2 aromatic rings. The minimum atomic E-state index is -3.90. The summed E-state index contributed by atoms with van der Waals surface area (Å²) < 4.78 is 42.8. The first-order valence-corrected chi connectivity index (χ1v) is 11.6. The van der Waals surface area contributed by atoms with Crippen molar-refractivity contribution < 1.29 is 32.2 Å². The average molecular weight is 463 g/mol. The number of benzene rings is 2. The van der Waals surface area contributed by atoms with E-state index in [1.165, 1.54) is 29.6 Å². The number of methoxy groups -OCH3 is 1. The van der Waals surface area contributed by atoms with Crippen molar-refractivity contribution >= 4 is 27.6 Å². The first-order chi connectivity index (χ1) is 15.3. The molecule has 2 aromatic carbocycles. The number of esters is 1. The van der Waals surface area contributed by atoms with Crippen molar-refractivity contribution in [2.24, 2.45) is 0 Å². The fraction of sp³-hybridized carbons (Fsp3) is 0.364. The van der Waals surface area contributed by atoms with Gasteiger partial charge in [0.05, 0.1) is 25.9 Å². The van der Waals surface area contributed by atoms with Gasteiger partial charge in [-0.3, -0.25) is 4.79 Å². The molecule has 1 fully saturated rings. The summed E-state index contributed by atoms with van der Waals surface area (Å²) in [6.45, 7) is 2.50. The maximum Gasteiger partial charge on any atom is 0.338 e. The molecule has 0 spiro atoms. The van der Waals surface area contributed by atoms with Gasteiger partial charge in [0.25, 0.3) is 5.91 Å². The summed E-state index contributed by atoms with van der Waals surface area (Å²) in [6, 6.07) is 11.3. The first kappa shape index (κ1) is 23.7. The lowest BCUT2D eigenvalue weighted by atomic mass is 10.1. The third-order valence-corrected chi connectivity index (χ3v) is 6.86. The Morgan fingerprint density at radius 2 is 1.88 bits per heavy atom. The van der Waals surface area contributed by atoms with Crippen LogP contribution in [0.1, 0.15) is 22.8 Å². The summed E-state index contributed by atoms with van der Waals surface area (Å²) in [5.74, 6) is -1.20. The predicted octanol–water partition coefficient (Wildman–Crippen LogP) is 2.07. The molecular weight excluding hydrogens is 436 g/mol. The molecule has 1 N–H and O–H groups in total. The van der Waals surface area contributed by atoms with E-state index in [9.17, 15) is 18.0 Å². The molecule has 9 nitrogen and oxygen atoms in total. The Morgan fingerprint density at radius 3 is 2.56 bits per heavy atom. The third-order valence-electron chi connectivity index (χ3n) is 4.94. The maximum atomic E-state index is 13.0. The van der Waals surface area contributed by atoms with Gasteiger partial charge in [-0.15, -0.1) is 0 Å². The summed E-state index contributed by atoms with van der Waals surface area (Å²) in [5, 5.41) is 2.67. The van der Waals surface area contributed by atoms with E-state index < -0.39 is 28.5 Å². The molecule has 1 aliphatic heterocycles. The Morgan fingerprint density at radius 1 is 1.12 bits per heavy atom. The van der Waals surface area contributed by atoms with Gasteiger partial charge < -0.3 is 19.5 Å². The monoisotopic (exact) mass is 462 g/mol. The number of nitrogens with one attached hydrogen (secondary N) is 1. The number of hydrogen-bond acceptors (Lipinski definition) is 7. The number of rotatable bonds is 8. The zero-order valence-electron chi connectivity index (χ0n) is 18.0. The first-order valence-electron chi connectivity index (χ1n) is 10.2. The maximum absolute atomic E-state index is 13.0. The van der Waals surface area contributed by atoms with Crippen molar-refractivity contribution in [1.82, 2.24) is 4.31 Å². The summed E-state index contributed by atoms with van der Waals surface area (Å²) in [6.07, 6.45) is 0.825. The number of aryl methyl sites for hydroxylation is 1. The Hall–Kier alpha value is -2.95. The summed E-state index contributed by atoms with van der Waals surface area (Å²) in [7, 11) is -2.55. The lowest BCUT2D eigenvalue weighted by Crippen LogP contribution is -2.40. The summed E-state index contributed by atoms with van der Waals surface area (Å²) in [5.41, 5.74) is 1.67. The van der Waals surface area contributed by atoms with E-state index in [0.29, 0.717) is 18.9 Å². The number of ether oxygens (including phenoxy) is 3. The number of nitrogens with zero attached hydrogens (tertiary/aromatic N) is 1. The van der Waals surface area contributed by atoms with Crippen LogP contribution in [0.4, 0.5) is 5.69 Å². The van der Waals surface area contributed by atoms with E-state index in [1.807, 2.05) is 25.1 Å². The zero-order valence-corrected chi connectivity index (χ0v) is 18.8. The van der Waals surface area contributed by atoms with E-state index in [1.54, 1.807) is 6.07 Å². The molecule has 3 rings (SSSR count). The third kappa shape index (κ3) is 5.64. The average Bonchev–Trinajstić information content (AvgIpc) is 2.82. The topological polar surface area (TPSA) is 111 Å². The number of sulfonamides is 1. The minimum Gasteiger partial charge on any atom is -0.495 e. The van der Waals surface area contributed by atoms with E-state index in [-0.39, 0.29) is 29.3 Å². The number of morpholine rings is 1. The van der Waals surface area contributed by atoms with Crippen LogP contribution in [0.5, 0.6) is 5.75 Å². The van der Waals surface area contributed by atoms with Gasteiger partial charge in [0.1, 0.15) is 10.6 Å². The number of amides is 1. The van der Waals surface area contributed by atoms with Crippen molar-refractivity contribution in [3.8, 4) is 5.75 Å². The molecule has 1 aliphatic rings. The second kappa shape index (κ2) is 10.6. The highest BCUT2D eigenvalue weighted by molar-refractivity contribution is 7.89. The van der Waals surface area contributed by atoms with E-state index in [0.717, 1.165) is 12.0 Å². The number of carbonyl (C=O) groups is 2. The zero-order chi connectivity index (χ0) is 23.1. The van der Waals surface area contributed by atoms with Crippen LogP contribution >= 0.6 is 0 Å². The van der Waals surface area contributed by atoms with Gasteiger partial charge in [-0.1, -0.05) is 19.1 Å². The molecule has 0 unspecified atom stereocenters. The lowest BCUT2D eigenvalue weighted by Gasteiger charge is -2.26. The molecular formula is C22H26N2O7S. The molecule has 0 aliphatic carbocycles. The predicted molar refractivity (Wildman–Crippen MR) is 117 cm³/mol. The second-order valence-electron chi connectivity index (χ2n) is 7.06. The molecule has 172 valence electrons. The van der Waals surface area contributed by atoms with Gasteiger partial charge >= 0.3 is 5.97 Å². The van der Waals surface area contributed by atoms with Crippen molar-refractivity contribution in [1.29, 1.82) is 0 Å². The van der Waals surface area contributed by atoms with Crippen molar-refractivity contribution in [3.63, 3.8) is 0 Å². The molecule has 32 heavy (non-hydrogen) atoms. The summed E-state index contributed by atoms with van der Waals surface area (Å²) >= 11 is 0. The molecule has 0 bridgehead atoms. The molecule has 0 saturated carbocycles. The Labute approximate surface area is 187 Å². The van der Waals surface area contributed by atoms with E-state index in [2.05, 4.69) is 5.32 Å². The van der Waals surface area contributed by atoms with Gasteiger partial charge in [-0.05, 0) is 42.3 Å². The molecule has 0 atom stereocenters. The molecule has 0 radical (unpaired) electrons. The number of hydrogen-bond donors (Lipinski definition) is 1. The minimum absolute atomic E-state index is 0.00147. The Bertz CT molecular complexity index is 1080. The quantitative estimate of drug-likeness (QED) is 0.598. The van der Waals surface area contributed by atoms with Crippen molar-refractivity contribution in [2.45, 2.75) is 18.2 Å². The van der Waals surface area contributed by atoms with Gasteiger partial charge in [0, 0.05) is 18.8 Å². The van der Waals surface area contributed by atoms with Crippen LogP contribution < -0.4 is 10.1 Å². The fourth-order valence-electron chi connectivity index (χ4n) is 3.21. The normalized spacial score (nSPS) is 14.6. The summed E-state index contributed by atoms with van der Waals surface area (Å²) in [4.78, 5) is 24.5. The largest absolute Gasteiger partial charge is 0.495 e. The SMILES string of the molecule is CCc1cccc(NC(=O)COC(=O)c2ccc(OC)c(S(=O)(=O)N3CCOCC3)c2)c1.